The van der Waals surface area contributed by atoms with E-state index in [4.69, 9.17) is 9.84 Å². The third kappa shape index (κ3) is 4.53. The largest absolute Gasteiger partial charge is 0.497 e. The smallest absolute Gasteiger partial charge is 0.225 e. The maximum absolute atomic E-state index is 12.9. The Morgan fingerprint density at radius 2 is 2.03 bits per heavy atom. The first kappa shape index (κ1) is 21.0. The standard InChI is InChI=1S/C26H27N5O2/c1-33-22-11-5-9-20(15-22)23-16-24-25(27-12-14-31(24)29-23)30-13-6-10-21(18-30)26(32)28-17-19-7-3-2-4-8-19/h2-5,7-9,11-12,14-16,21H,6,10,13,17-18H2,1H3,(H,28,32). The number of nitrogens with zero attached hydrogens (tertiary/aromatic N) is 4. The highest BCUT2D eigenvalue weighted by molar-refractivity contribution is 5.81. The van der Waals surface area contributed by atoms with Crippen LogP contribution in [0, 0.1) is 5.92 Å². The highest BCUT2D eigenvalue weighted by atomic mass is 16.5. The molecular formula is C26H27N5O2. The molecule has 0 aliphatic carbocycles. The van der Waals surface area contributed by atoms with Crippen LogP contribution in [-0.4, -0.2) is 40.7 Å². The van der Waals surface area contributed by atoms with Crippen molar-refractivity contribution in [3.05, 3.63) is 78.6 Å². The van der Waals surface area contributed by atoms with Crippen LogP contribution in [0.3, 0.4) is 0 Å². The van der Waals surface area contributed by atoms with Gasteiger partial charge in [-0.05, 0) is 36.6 Å². The van der Waals surface area contributed by atoms with Crippen LogP contribution in [0.25, 0.3) is 16.8 Å². The second-order valence-electron chi connectivity index (χ2n) is 8.33. The number of hydrogen-bond acceptors (Lipinski definition) is 5. The number of amides is 1. The van der Waals surface area contributed by atoms with Crippen LogP contribution in [0.15, 0.2) is 73.1 Å². The van der Waals surface area contributed by atoms with Crippen molar-refractivity contribution in [1.82, 2.24) is 19.9 Å². The Hall–Kier alpha value is -3.87. The number of carbonyl (C=O) groups excluding carboxylic acids is 1. The van der Waals surface area contributed by atoms with Crippen molar-refractivity contribution in [1.29, 1.82) is 0 Å². The number of hydrogen-bond donors (Lipinski definition) is 1. The number of ether oxygens (including phenoxy) is 1. The summed E-state index contributed by atoms with van der Waals surface area (Å²) in [5.41, 5.74) is 3.88. The van der Waals surface area contributed by atoms with Crippen LogP contribution in [0.1, 0.15) is 18.4 Å². The van der Waals surface area contributed by atoms with Gasteiger partial charge in [0.1, 0.15) is 11.3 Å². The molecule has 3 heterocycles. The second-order valence-corrected chi connectivity index (χ2v) is 8.33. The molecule has 7 heteroatoms. The number of fused-ring (bicyclic) bond motifs is 1. The molecule has 5 rings (SSSR count). The van der Waals surface area contributed by atoms with Crippen LogP contribution in [0.2, 0.25) is 0 Å². The fraction of sp³-hybridized carbons (Fsp3) is 0.269. The fourth-order valence-electron chi connectivity index (χ4n) is 4.39. The number of aromatic nitrogens is 3. The minimum absolute atomic E-state index is 0.0645. The molecule has 0 spiro atoms. The third-order valence-electron chi connectivity index (χ3n) is 6.14. The number of piperidine rings is 1. The summed E-state index contributed by atoms with van der Waals surface area (Å²) < 4.78 is 7.22. The molecule has 0 radical (unpaired) electrons. The van der Waals surface area contributed by atoms with Crippen LogP contribution in [0.5, 0.6) is 5.75 Å². The molecule has 7 nitrogen and oxygen atoms in total. The van der Waals surface area contributed by atoms with Crippen molar-refractivity contribution in [2.75, 3.05) is 25.1 Å². The lowest BCUT2D eigenvalue weighted by Crippen LogP contribution is -2.43. The molecule has 1 atom stereocenters. The van der Waals surface area contributed by atoms with Crippen molar-refractivity contribution in [2.24, 2.45) is 5.92 Å². The topological polar surface area (TPSA) is 71.8 Å². The van der Waals surface area contributed by atoms with Gasteiger partial charge in [-0.1, -0.05) is 42.5 Å². The third-order valence-corrected chi connectivity index (χ3v) is 6.14. The maximum Gasteiger partial charge on any atom is 0.225 e. The second kappa shape index (κ2) is 9.32. The molecule has 1 fully saturated rings. The molecule has 1 amide bonds. The Labute approximate surface area is 193 Å². The summed E-state index contributed by atoms with van der Waals surface area (Å²) in [4.78, 5) is 19.8. The van der Waals surface area contributed by atoms with Gasteiger partial charge in [-0.25, -0.2) is 9.50 Å². The lowest BCUT2D eigenvalue weighted by Gasteiger charge is -2.33. The van der Waals surface area contributed by atoms with Gasteiger partial charge in [0.25, 0.3) is 0 Å². The Morgan fingerprint density at radius 1 is 1.15 bits per heavy atom. The lowest BCUT2D eigenvalue weighted by atomic mass is 9.97. The van der Waals surface area contributed by atoms with Gasteiger partial charge in [0.2, 0.25) is 5.91 Å². The summed E-state index contributed by atoms with van der Waals surface area (Å²) in [6.45, 7) is 2.07. The molecule has 1 aliphatic heterocycles. The molecule has 1 unspecified atom stereocenters. The van der Waals surface area contributed by atoms with Gasteiger partial charge < -0.3 is 15.0 Å². The Kier molecular flexibility index (Phi) is 5.93. The highest BCUT2D eigenvalue weighted by Crippen LogP contribution is 2.29. The number of anilines is 1. The van der Waals surface area contributed by atoms with Gasteiger partial charge in [-0.3, -0.25) is 4.79 Å². The molecule has 0 bridgehead atoms. The first-order valence-corrected chi connectivity index (χ1v) is 11.3. The van der Waals surface area contributed by atoms with E-state index in [1.165, 1.54) is 0 Å². The zero-order valence-electron chi connectivity index (χ0n) is 18.6. The van der Waals surface area contributed by atoms with E-state index in [0.29, 0.717) is 13.1 Å². The highest BCUT2D eigenvalue weighted by Gasteiger charge is 2.27. The maximum atomic E-state index is 12.9. The van der Waals surface area contributed by atoms with Crippen molar-refractivity contribution in [2.45, 2.75) is 19.4 Å². The van der Waals surface area contributed by atoms with E-state index in [1.807, 2.05) is 65.3 Å². The van der Waals surface area contributed by atoms with E-state index in [9.17, 15) is 4.79 Å². The Morgan fingerprint density at radius 3 is 2.88 bits per heavy atom. The number of nitrogens with one attached hydrogen (secondary N) is 1. The number of rotatable bonds is 6. The van der Waals surface area contributed by atoms with E-state index in [1.54, 1.807) is 13.3 Å². The minimum Gasteiger partial charge on any atom is -0.497 e. The lowest BCUT2D eigenvalue weighted by molar-refractivity contribution is -0.125. The zero-order valence-corrected chi connectivity index (χ0v) is 18.6. The normalized spacial score (nSPS) is 16.0. The average Bonchev–Trinajstić information content (AvgIpc) is 3.33. The van der Waals surface area contributed by atoms with Crippen LogP contribution in [0.4, 0.5) is 5.82 Å². The SMILES string of the molecule is COc1cccc(-c2cc3c(N4CCCC(C(=O)NCc5ccccc5)C4)nccn3n2)c1. The molecule has 0 saturated carbocycles. The van der Waals surface area contributed by atoms with Gasteiger partial charge in [0.15, 0.2) is 5.82 Å². The fourth-order valence-corrected chi connectivity index (χ4v) is 4.39. The van der Waals surface area contributed by atoms with E-state index in [0.717, 1.165) is 53.3 Å². The van der Waals surface area contributed by atoms with Crippen LogP contribution < -0.4 is 15.0 Å². The summed E-state index contributed by atoms with van der Waals surface area (Å²) in [5.74, 6) is 1.69. The van der Waals surface area contributed by atoms with E-state index in [-0.39, 0.29) is 11.8 Å². The van der Waals surface area contributed by atoms with Crippen molar-refractivity contribution >= 4 is 17.2 Å². The predicted octanol–water partition coefficient (Wildman–Crippen LogP) is 3.94. The van der Waals surface area contributed by atoms with Gasteiger partial charge in [0.05, 0.1) is 18.7 Å². The van der Waals surface area contributed by atoms with Crippen LogP contribution >= 0.6 is 0 Å². The number of carbonyl (C=O) groups is 1. The Balaban J connectivity index is 1.35. The first-order chi connectivity index (χ1) is 16.2. The summed E-state index contributed by atoms with van der Waals surface area (Å²) in [6, 6.07) is 19.9. The zero-order chi connectivity index (χ0) is 22.6. The molecule has 2 aromatic heterocycles. The summed E-state index contributed by atoms with van der Waals surface area (Å²) in [7, 11) is 1.66. The average molecular weight is 442 g/mol. The molecule has 1 saturated heterocycles. The number of benzene rings is 2. The van der Waals surface area contributed by atoms with Crippen LogP contribution in [-0.2, 0) is 11.3 Å². The van der Waals surface area contributed by atoms with Gasteiger partial charge in [-0.15, -0.1) is 0 Å². The van der Waals surface area contributed by atoms with Gasteiger partial charge in [-0.2, -0.15) is 5.10 Å². The van der Waals surface area contributed by atoms with E-state index in [2.05, 4.69) is 21.3 Å². The molecule has 4 aromatic rings. The molecule has 1 aliphatic rings. The van der Waals surface area contributed by atoms with Crippen molar-refractivity contribution < 1.29 is 9.53 Å². The molecule has 1 N–H and O–H groups in total. The monoisotopic (exact) mass is 441 g/mol. The quantitative estimate of drug-likeness (QED) is 0.491. The molecular weight excluding hydrogens is 414 g/mol. The Bertz CT molecular complexity index is 1250. The molecule has 168 valence electrons. The van der Waals surface area contributed by atoms with E-state index >= 15 is 0 Å². The van der Waals surface area contributed by atoms with Gasteiger partial charge in [0, 0.05) is 37.6 Å². The molecule has 2 aromatic carbocycles. The van der Waals surface area contributed by atoms with Crippen molar-refractivity contribution in [3.63, 3.8) is 0 Å². The van der Waals surface area contributed by atoms with Gasteiger partial charge >= 0.3 is 0 Å². The minimum atomic E-state index is -0.0645. The first-order valence-electron chi connectivity index (χ1n) is 11.3. The van der Waals surface area contributed by atoms with Crippen molar-refractivity contribution in [3.8, 4) is 17.0 Å². The van der Waals surface area contributed by atoms with E-state index < -0.39 is 0 Å². The summed E-state index contributed by atoms with van der Waals surface area (Å²) >= 11 is 0. The number of methoxy groups -OCH3 is 1. The predicted molar refractivity (Wildman–Crippen MR) is 128 cm³/mol. The summed E-state index contributed by atoms with van der Waals surface area (Å²) in [6.07, 6.45) is 5.46. The molecule has 33 heavy (non-hydrogen) atoms. The summed E-state index contributed by atoms with van der Waals surface area (Å²) in [5, 5.41) is 7.85.